The predicted molar refractivity (Wildman–Crippen MR) is 104 cm³/mol. The highest BCUT2D eigenvalue weighted by molar-refractivity contribution is 7.13. The SMILES string of the molecule is Nc1nc(CCNc2nc(-c3ccccc3)nc3ccccc23)cs1. The summed E-state index contributed by atoms with van der Waals surface area (Å²) in [5, 5.41) is 7.04. The fraction of sp³-hybridized carbons (Fsp3) is 0.105. The van der Waals surface area contributed by atoms with Crippen LogP contribution in [0.5, 0.6) is 0 Å². The molecule has 0 saturated heterocycles. The molecule has 2 aromatic carbocycles. The van der Waals surface area contributed by atoms with Crippen molar-refractivity contribution in [2.75, 3.05) is 17.6 Å². The third-order valence-electron chi connectivity index (χ3n) is 3.88. The van der Waals surface area contributed by atoms with Crippen LogP contribution in [0.3, 0.4) is 0 Å². The lowest BCUT2D eigenvalue weighted by molar-refractivity contribution is 0.971. The van der Waals surface area contributed by atoms with E-state index in [1.807, 2.05) is 60.0 Å². The molecule has 0 fully saturated rings. The fourth-order valence-electron chi connectivity index (χ4n) is 2.67. The number of nitrogens with one attached hydrogen (secondary N) is 1. The van der Waals surface area contributed by atoms with Gasteiger partial charge in [0.1, 0.15) is 5.82 Å². The summed E-state index contributed by atoms with van der Waals surface area (Å²) in [4.78, 5) is 13.7. The van der Waals surface area contributed by atoms with Gasteiger partial charge in [-0.25, -0.2) is 15.0 Å². The summed E-state index contributed by atoms with van der Waals surface area (Å²) < 4.78 is 0. The number of hydrogen-bond donors (Lipinski definition) is 2. The standard InChI is InChI=1S/C19H17N5S/c20-19-22-14(12-25-19)10-11-21-18-15-8-4-5-9-16(15)23-17(24-18)13-6-2-1-3-7-13/h1-9,12H,10-11H2,(H2,20,22)(H,21,23,24). The molecule has 0 saturated carbocycles. The summed E-state index contributed by atoms with van der Waals surface area (Å²) in [5.74, 6) is 1.56. The molecule has 0 unspecified atom stereocenters. The average Bonchev–Trinajstić information content (AvgIpc) is 3.07. The van der Waals surface area contributed by atoms with Crippen LogP contribution in [-0.4, -0.2) is 21.5 Å². The minimum absolute atomic E-state index is 0.605. The number of fused-ring (bicyclic) bond motifs is 1. The summed E-state index contributed by atoms with van der Waals surface area (Å²) >= 11 is 1.47. The quantitative estimate of drug-likeness (QED) is 0.571. The molecule has 0 aliphatic rings. The smallest absolute Gasteiger partial charge is 0.180 e. The third-order valence-corrected chi connectivity index (χ3v) is 4.60. The van der Waals surface area contributed by atoms with Crippen molar-refractivity contribution in [2.45, 2.75) is 6.42 Å². The van der Waals surface area contributed by atoms with Crippen LogP contribution in [0, 0.1) is 0 Å². The topological polar surface area (TPSA) is 76.7 Å². The van der Waals surface area contributed by atoms with Gasteiger partial charge in [-0.1, -0.05) is 42.5 Å². The van der Waals surface area contributed by atoms with Gasteiger partial charge in [0.25, 0.3) is 0 Å². The van der Waals surface area contributed by atoms with E-state index in [1.165, 1.54) is 11.3 Å². The van der Waals surface area contributed by atoms with E-state index in [4.69, 9.17) is 15.7 Å². The zero-order valence-corrected chi connectivity index (χ0v) is 14.3. The number of rotatable bonds is 5. The van der Waals surface area contributed by atoms with Crippen LogP contribution in [0.25, 0.3) is 22.3 Å². The Morgan fingerprint density at radius 1 is 0.920 bits per heavy atom. The number of anilines is 2. The van der Waals surface area contributed by atoms with Crippen LogP contribution in [0.15, 0.2) is 60.0 Å². The molecule has 3 N–H and O–H groups in total. The highest BCUT2D eigenvalue weighted by Crippen LogP contribution is 2.24. The molecule has 0 radical (unpaired) electrons. The van der Waals surface area contributed by atoms with Crippen LogP contribution in [0.1, 0.15) is 5.69 Å². The number of benzene rings is 2. The molecule has 0 spiro atoms. The van der Waals surface area contributed by atoms with Crippen molar-refractivity contribution in [3.63, 3.8) is 0 Å². The molecule has 0 aliphatic heterocycles. The van der Waals surface area contributed by atoms with Crippen LogP contribution in [-0.2, 0) is 6.42 Å². The van der Waals surface area contributed by atoms with Crippen LogP contribution in [0.4, 0.5) is 10.9 Å². The summed E-state index contributed by atoms with van der Waals surface area (Å²) in [6.45, 7) is 0.735. The van der Waals surface area contributed by atoms with Crippen molar-refractivity contribution in [1.29, 1.82) is 0 Å². The summed E-state index contributed by atoms with van der Waals surface area (Å²) in [5.41, 5.74) is 8.61. The second-order valence-electron chi connectivity index (χ2n) is 5.63. The number of nitrogens with zero attached hydrogens (tertiary/aromatic N) is 3. The zero-order chi connectivity index (χ0) is 17.1. The predicted octanol–water partition coefficient (Wildman–Crippen LogP) is 3.99. The number of hydrogen-bond acceptors (Lipinski definition) is 6. The Morgan fingerprint density at radius 2 is 1.72 bits per heavy atom. The first kappa shape index (κ1) is 15.5. The number of thiazole rings is 1. The number of nitrogen functional groups attached to an aromatic ring is 1. The highest BCUT2D eigenvalue weighted by atomic mass is 32.1. The van der Waals surface area contributed by atoms with Crippen molar-refractivity contribution in [3.05, 3.63) is 65.7 Å². The van der Waals surface area contributed by atoms with E-state index in [1.54, 1.807) is 0 Å². The first-order valence-corrected chi connectivity index (χ1v) is 8.93. The molecule has 5 nitrogen and oxygen atoms in total. The third kappa shape index (κ3) is 3.44. The van der Waals surface area contributed by atoms with E-state index in [-0.39, 0.29) is 0 Å². The van der Waals surface area contributed by atoms with E-state index in [0.29, 0.717) is 5.13 Å². The molecule has 0 aliphatic carbocycles. The van der Waals surface area contributed by atoms with E-state index in [2.05, 4.69) is 10.3 Å². The molecule has 0 atom stereocenters. The number of nitrogens with two attached hydrogens (primary N) is 1. The Labute approximate surface area is 149 Å². The van der Waals surface area contributed by atoms with E-state index in [9.17, 15) is 0 Å². The fourth-order valence-corrected chi connectivity index (χ4v) is 3.27. The molecule has 4 rings (SSSR count). The molecule has 0 bridgehead atoms. The van der Waals surface area contributed by atoms with Gasteiger partial charge >= 0.3 is 0 Å². The maximum atomic E-state index is 5.69. The zero-order valence-electron chi connectivity index (χ0n) is 13.5. The van der Waals surface area contributed by atoms with E-state index >= 15 is 0 Å². The number of para-hydroxylation sites is 1. The molecular formula is C19H17N5S. The van der Waals surface area contributed by atoms with Crippen LogP contribution >= 0.6 is 11.3 Å². The molecular weight excluding hydrogens is 330 g/mol. The second kappa shape index (κ2) is 6.86. The first-order chi connectivity index (χ1) is 12.3. The van der Waals surface area contributed by atoms with Gasteiger partial charge in [-0.15, -0.1) is 11.3 Å². The molecule has 25 heavy (non-hydrogen) atoms. The Kier molecular flexibility index (Phi) is 4.26. The van der Waals surface area contributed by atoms with Gasteiger partial charge in [0.2, 0.25) is 0 Å². The summed E-state index contributed by atoms with van der Waals surface area (Å²) in [6.07, 6.45) is 0.798. The van der Waals surface area contributed by atoms with Gasteiger partial charge < -0.3 is 11.1 Å². The Hall–Kier alpha value is -2.99. The van der Waals surface area contributed by atoms with Gasteiger partial charge in [0.05, 0.1) is 11.2 Å². The molecule has 6 heteroatoms. The van der Waals surface area contributed by atoms with Gasteiger partial charge in [-0.2, -0.15) is 0 Å². The normalized spacial score (nSPS) is 10.9. The molecule has 2 aromatic heterocycles. The Bertz CT molecular complexity index is 997. The van der Waals surface area contributed by atoms with Crippen molar-refractivity contribution >= 4 is 33.2 Å². The van der Waals surface area contributed by atoms with Crippen molar-refractivity contribution < 1.29 is 0 Å². The Balaban J connectivity index is 1.64. The molecule has 124 valence electrons. The van der Waals surface area contributed by atoms with Crippen LogP contribution < -0.4 is 11.1 Å². The molecule has 4 aromatic rings. The monoisotopic (exact) mass is 347 g/mol. The largest absolute Gasteiger partial charge is 0.375 e. The van der Waals surface area contributed by atoms with E-state index < -0.39 is 0 Å². The lowest BCUT2D eigenvalue weighted by Crippen LogP contribution is -2.08. The van der Waals surface area contributed by atoms with Gasteiger partial charge in [0.15, 0.2) is 11.0 Å². The van der Waals surface area contributed by atoms with Crippen molar-refractivity contribution in [3.8, 4) is 11.4 Å². The first-order valence-electron chi connectivity index (χ1n) is 8.05. The number of aromatic nitrogens is 3. The average molecular weight is 347 g/mol. The van der Waals surface area contributed by atoms with Gasteiger partial charge in [-0.3, -0.25) is 0 Å². The molecule has 2 heterocycles. The Morgan fingerprint density at radius 3 is 2.52 bits per heavy atom. The van der Waals surface area contributed by atoms with Crippen molar-refractivity contribution in [2.24, 2.45) is 0 Å². The lowest BCUT2D eigenvalue weighted by Gasteiger charge is -2.10. The maximum absolute atomic E-state index is 5.69. The van der Waals surface area contributed by atoms with Crippen molar-refractivity contribution in [1.82, 2.24) is 15.0 Å². The summed E-state index contributed by atoms with van der Waals surface area (Å²) in [7, 11) is 0. The second-order valence-corrected chi connectivity index (χ2v) is 6.52. The van der Waals surface area contributed by atoms with Gasteiger partial charge in [0, 0.05) is 29.3 Å². The minimum Gasteiger partial charge on any atom is -0.375 e. The maximum Gasteiger partial charge on any atom is 0.180 e. The minimum atomic E-state index is 0.605. The van der Waals surface area contributed by atoms with E-state index in [0.717, 1.165) is 46.8 Å². The molecule has 0 amide bonds. The summed E-state index contributed by atoms with van der Waals surface area (Å²) in [6, 6.07) is 18.1. The highest BCUT2D eigenvalue weighted by Gasteiger charge is 2.09. The van der Waals surface area contributed by atoms with Crippen LogP contribution in [0.2, 0.25) is 0 Å². The van der Waals surface area contributed by atoms with Gasteiger partial charge in [-0.05, 0) is 12.1 Å². The lowest BCUT2D eigenvalue weighted by atomic mass is 10.2.